The van der Waals surface area contributed by atoms with Crippen LogP contribution in [0.1, 0.15) is 42.2 Å². The third-order valence-corrected chi connectivity index (χ3v) is 3.66. The van der Waals surface area contributed by atoms with Crippen LogP contribution in [0.3, 0.4) is 0 Å². The molecule has 3 unspecified atom stereocenters. The van der Waals surface area contributed by atoms with E-state index in [0.29, 0.717) is 5.92 Å². The van der Waals surface area contributed by atoms with Crippen LogP contribution in [-0.2, 0) is 0 Å². The van der Waals surface area contributed by atoms with Gasteiger partial charge >= 0.3 is 0 Å². The van der Waals surface area contributed by atoms with Crippen LogP contribution in [0.25, 0.3) is 0 Å². The van der Waals surface area contributed by atoms with Crippen LogP contribution >= 0.6 is 0 Å². The molecule has 0 aliphatic carbocycles. The van der Waals surface area contributed by atoms with Crippen LogP contribution in [0.2, 0.25) is 0 Å². The van der Waals surface area contributed by atoms with Gasteiger partial charge in [0, 0.05) is 17.6 Å². The summed E-state index contributed by atoms with van der Waals surface area (Å²) < 4.78 is 0. The maximum absolute atomic E-state index is 11.4. The molecule has 3 N–H and O–H groups in total. The summed E-state index contributed by atoms with van der Waals surface area (Å²) in [5, 5.41) is 3.45. The van der Waals surface area contributed by atoms with Crippen molar-refractivity contribution < 1.29 is 4.79 Å². The highest BCUT2D eigenvalue weighted by Crippen LogP contribution is 2.26. The summed E-state index contributed by atoms with van der Waals surface area (Å²) in [5.41, 5.74) is 8.11. The molecule has 1 aromatic carbocycles. The van der Waals surface area contributed by atoms with Gasteiger partial charge in [-0.25, -0.2) is 0 Å². The van der Waals surface area contributed by atoms with Gasteiger partial charge in [0.05, 0.1) is 0 Å². The van der Waals surface area contributed by atoms with Gasteiger partial charge in [-0.3, -0.25) is 4.79 Å². The van der Waals surface area contributed by atoms with Crippen molar-refractivity contribution in [3.8, 4) is 0 Å². The summed E-state index contributed by atoms with van der Waals surface area (Å²) in [6.45, 7) is 4.77. The Morgan fingerprint density at radius 3 is 2.94 bits per heavy atom. The molecule has 17 heavy (non-hydrogen) atoms. The predicted octanol–water partition coefficient (Wildman–Crippen LogP) is 1.89. The first-order chi connectivity index (χ1) is 8.09. The molecule has 0 amide bonds. The Morgan fingerprint density at radius 2 is 2.24 bits per heavy atom. The lowest BCUT2D eigenvalue weighted by Crippen LogP contribution is -2.47. The van der Waals surface area contributed by atoms with E-state index in [9.17, 15) is 4.79 Å². The highest BCUT2D eigenvalue weighted by Gasteiger charge is 2.28. The van der Waals surface area contributed by atoms with Gasteiger partial charge < -0.3 is 11.1 Å². The number of carbonyl (C=O) groups excluding carboxylic acids is 1. The molecule has 1 aliphatic rings. The number of benzene rings is 1. The lowest BCUT2D eigenvalue weighted by Gasteiger charge is -2.35. The van der Waals surface area contributed by atoms with Gasteiger partial charge in [-0.2, -0.15) is 0 Å². The van der Waals surface area contributed by atoms with E-state index in [1.807, 2.05) is 24.3 Å². The first kappa shape index (κ1) is 12.3. The Bertz CT molecular complexity index is 416. The number of hydrogen-bond donors (Lipinski definition) is 2. The molecule has 3 atom stereocenters. The summed E-state index contributed by atoms with van der Waals surface area (Å²) in [4.78, 5) is 11.4. The fourth-order valence-corrected chi connectivity index (χ4v) is 2.41. The Balaban J connectivity index is 2.26. The third kappa shape index (κ3) is 2.56. The van der Waals surface area contributed by atoms with Crippen LogP contribution in [0.15, 0.2) is 24.3 Å². The largest absolute Gasteiger partial charge is 0.326 e. The van der Waals surface area contributed by atoms with Gasteiger partial charge in [0.2, 0.25) is 0 Å². The zero-order chi connectivity index (χ0) is 12.4. The number of nitrogens with one attached hydrogen (secondary N) is 1. The topological polar surface area (TPSA) is 55.1 Å². The van der Waals surface area contributed by atoms with Crippen molar-refractivity contribution in [2.45, 2.75) is 32.4 Å². The first-order valence-corrected chi connectivity index (χ1v) is 6.19. The zero-order valence-corrected chi connectivity index (χ0v) is 10.4. The number of nitrogens with two attached hydrogens (primary N) is 1. The van der Waals surface area contributed by atoms with Crippen LogP contribution in [-0.4, -0.2) is 18.4 Å². The fraction of sp³-hybridized carbons (Fsp3) is 0.500. The van der Waals surface area contributed by atoms with Gasteiger partial charge in [0.1, 0.15) is 0 Å². The Labute approximate surface area is 102 Å². The molecule has 1 saturated heterocycles. The summed E-state index contributed by atoms with van der Waals surface area (Å²) in [6.07, 6.45) is 1.12. The van der Waals surface area contributed by atoms with Gasteiger partial charge in [0.25, 0.3) is 0 Å². The number of hydrogen-bond acceptors (Lipinski definition) is 3. The maximum Gasteiger partial charge on any atom is 0.159 e. The van der Waals surface area contributed by atoms with Crippen molar-refractivity contribution >= 4 is 5.78 Å². The van der Waals surface area contributed by atoms with Crippen LogP contribution in [0.5, 0.6) is 0 Å². The van der Waals surface area contributed by atoms with E-state index >= 15 is 0 Å². The van der Waals surface area contributed by atoms with E-state index in [1.54, 1.807) is 6.92 Å². The fourth-order valence-electron chi connectivity index (χ4n) is 2.41. The minimum absolute atomic E-state index is 0.101. The number of ketones is 1. The molecule has 0 bridgehead atoms. The minimum Gasteiger partial charge on any atom is -0.326 e. The second kappa shape index (κ2) is 4.98. The molecule has 1 heterocycles. The maximum atomic E-state index is 11.4. The van der Waals surface area contributed by atoms with Crippen LogP contribution in [0.4, 0.5) is 0 Å². The molecule has 1 aromatic rings. The van der Waals surface area contributed by atoms with E-state index < -0.39 is 0 Å². The lowest BCUT2D eigenvalue weighted by atomic mass is 9.85. The van der Waals surface area contributed by atoms with Crippen molar-refractivity contribution in [1.29, 1.82) is 0 Å². The predicted molar refractivity (Wildman–Crippen MR) is 68.9 cm³/mol. The average molecular weight is 232 g/mol. The summed E-state index contributed by atoms with van der Waals surface area (Å²) in [7, 11) is 0. The van der Waals surface area contributed by atoms with E-state index in [2.05, 4.69) is 12.2 Å². The summed E-state index contributed by atoms with van der Waals surface area (Å²) in [6, 6.07) is 8.06. The summed E-state index contributed by atoms with van der Waals surface area (Å²) in [5.74, 6) is 0.617. The van der Waals surface area contributed by atoms with Crippen LogP contribution in [0, 0.1) is 5.92 Å². The molecular formula is C14H20N2O. The molecule has 0 saturated carbocycles. The number of rotatable bonds is 2. The standard InChI is InChI=1S/C14H20N2O/c1-9-6-7-16-14(13(9)15)12-5-3-4-11(8-12)10(2)17/h3-5,8-9,13-14,16H,6-7,15H2,1-2H3. The van der Waals surface area contributed by atoms with Crippen molar-refractivity contribution in [2.24, 2.45) is 11.7 Å². The highest BCUT2D eigenvalue weighted by atomic mass is 16.1. The van der Waals surface area contributed by atoms with E-state index in [0.717, 1.165) is 24.1 Å². The van der Waals surface area contributed by atoms with Gasteiger partial charge in [-0.05, 0) is 37.4 Å². The smallest absolute Gasteiger partial charge is 0.159 e. The van der Waals surface area contributed by atoms with Crippen molar-refractivity contribution in [3.05, 3.63) is 35.4 Å². The molecule has 2 rings (SSSR count). The molecule has 0 radical (unpaired) electrons. The number of piperidine rings is 1. The van der Waals surface area contributed by atoms with Gasteiger partial charge in [-0.15, -0.1) is 0 Å². The normalized spacial score (nSPS) is 29.0. The average Bonchev–Trinajstić information content (AvgIpc) is 2.33. The number of carbonyl (C=O) groups is 1. The molecule has 92 valence electrons. The van der Waals surface area contributed by atoms with E-state index in [4.69, 9.17) is 5.73 Å². The minimum atomic E-state index is 0.101. The molecule has 3 nitrogen and oxygen atoms in total. The number of Topliss-reactive ketones (excluding diaryl/α,β-unsaturated/α-hetero) is 1. The van der Waals surface area contributed by atoms with Crippen molar-refractivity contribution in [3.63, 3.8) is 0 Å². The lowest BCUT2D eigenvalue weighted by molar-refractivity contribution is 0.101. The third-order valence-electron chi connectivity index (χ3n) is 3.66. The molecule has 3 heteroatoms. The molecule has 0 spiro atoms. The Kier molecular flexibility index (Phi) is 3.60. The van der Waals surface area contributed by atoms with Crippen molar-refractivity contribution in [2.75, 3.05) is 6.54 Å². The monoisotopic (exact) mass is 232 g/mol. The Morgan fingerprint density at radius 1 is 1.47 bits per heavy atom. The molecule has 1 fully saturated rings. The second-order valence-corrected chi connectivity index (χ2v) is 4.96. The van der Waals surface area contributed by atoms with Gasteiger partial charge in [-0.1, -0.05) is 25.1 Å². The second-order valence-electron chi connectivity index (χ2n) is 4.96. The summed E-state index contributed by atoms with van der Waals surface area (Å²) >= 11 is 0. The molecule has 1 aliphatic heterocycles. The molecular weight excluding hydrogens is 212 g/mol. The highest BCUT2D eigenvalue weighted by molar-refractivity contribution is 5.94. The Hall–Kier alpha value is -1.19. The zero-order valence-electron chi connectivity index (χ0n) is 10.4. The van der Waals surface area contributed by atoms with Gasteiger partial charge in [0.15, 0.2) is 5.78 Å². The van der Waals surface area contributed by atoms with E-state index in [-0.39, 0.29) is 17.9 Å². The van der Waals surface area contributed by atoms with Crippen molar-refractivity contribution in [1.82, 2.24) is 5.32 Å². The van der Waals surface area contributed by atoms with Crippen LogP contribution < -0.4 is 11.1 Å². The quantitative estimate of drug-likeness (QED) is 0.766. The SMILES string of the molecule is CC(=O)c1cccc(C2NCCC(C)C2N)c1. The first-order valence-electron chi connectivity index (χ1n) is 6.19. The molecule has 0 aromatic heterocycles. The van der Waals surface area contributed by atoms with E-state index in [1.165, 1.54) is 0 Å².